The van der Waals surface area contributed by atoms with Crippen LogP contribution in [0.2, 0.25) is 0 Å². The Balaban J connectivity index is 1.79. The SMILES string of the molecule is CCC(CC)C1CN=C(NC2CCS(=O)(=O)CC2)S1. The Morgan fingerprint density at radius 2 is 1.95 bits per heavy atom. The molecular weight excluding hydrogens is 280 g/mol. The summed E-state index contributed by atoms with van der Waals surface area (Å²) >= 11 is 1.85. The predicted octanol–water partition coefficient (Wildman–Crippen LogP) is 2.06. The van der Waals surface area contributed by atoms with Gasteiger partial charge in [0.05, 0.1) is 18.1 Å². The summed E-state index contributed by atoms with van der Waals surface area (Å²) in [6, 6.07) is 0.287. The summed E-state index contributed by atoms with van der Waals surface area (Å²) in [4.78, 5) is 4.58. The van der Waals surface area contributed by atoms with Crippen molar-refractivity contribution < 1.29 is 8.42 Å². The van der Waals surface area contributed by atoms with Crippen molar-refractivity contribution in [3.63, 3.8) is 0 Å². The minimum Gasteiger partial charge on any atom is -0.362 e. The Bertz CT molecular complexity index is 416. The molecule has 0 aliphatic carbocycles. The van der Waals surface area contributed by atoms with Crippen LogP contribution in [0.5, 0.6) is 0 Å². The zero-order valence-corrected chi connectivity index (χ0v) is 13.4. The molecule has 1 N–H and O–H groups in total. The van der Waals surface area contributed by atoms with Crippen LogP contribution in [0, 0.1) is 5.92 Å². The Morgan fingerprint density at radius 3 is 2.53 bits per heavy atom. The molecular formula is C13H24N2O2S2. The van der Waals surface area contributed by atoms with Crippen molar-refractivity contribution in [2.24, 2.45) is 10.9 Å². The molecule has 2 aliphatic rings. The van der Waals surface area contributed by atoms with Gasteiger partial charge in [-0.2, -0.15) is 0 Å². The van der Waals surface area contributed by atoms with Crippen molar-refractivity contribution in [3.8, 4) is 0 Å². The van der Waals surface area contributed by atoms with Crippen LogP contribution in [-0.4, -0.2) is 42.9 Å². The van der Waals surface area contributed by atoms with Gasteiger partial charge in [0.2, 0.25) is 0 Å². The number of aliphatic imine (C=N–C) groups is 1. The Labute approximate surface area is 120 Å². The second kappa shape index (κ2) is 6.48. The first kappa shape index (κ1) is 15.2. The number of hydrogen-bond acceptors (Lipinski definition) is 5. The third kappa shape index (κ3) is 4.12. The number of thioether (sulfide) groups is 1. The highest BCUT2D eigenvalue weighted by molar-refractivity contribution is 8.14. The molecule has 0 radical (unpaired) electrons. The summed E-state index contributed by atoms with van der Waals surface area (Å²) in [6.45, 7) is 5.39. The predicted molar refractivity (Wildman–Crippen MR) is 82.6 cm³/mol. The molecule has 6 heteroatoms. The molecule has 2 heterocycles. The third-order valence-corrected chi connectivity index (χ3v) is 7.16. The molecule has 0 aromatic heterocycles. The van der Waals surface area contributed by atoms with Crippen LogP contribution in [0.25, 0.3) is 0 Å². The van der Waals surface area contributed by atoms with E-state index in [1.54, 1.807) is 0 Å². The highest BCUT2D eigenvalue weighted by Gasteiger charge is 2.29. The first-order valence-electron chi connectivity index (χ1n) is 7.22. The molecule has 0 aromatic carbocycles. The zero-order valence-electron chi connectivity index (χ0n) is 11.8. The first-order valence-corrected chi connectivity index (χ1v) is 9.92. The van der Waals surface area contributed by atoms with Gasteiger partial charge < -0.3 is 5.32 Å². The van der Waals surface area contributed by atoms with Crippen LogP contribution in [0.1, 0.15) is 39.5 Å². The lowest BCUT2D eigenvalue weighted by molar-refractivity contribution is 0.479. The second-order valence-corrected chi connectivity index (χ2v) is 8.98. The van der Waals surface area contributed by atoms with E-state index in [4.69, 9.17) is 0 Å². The fraction of sp³-hybridized carbons (Fsp3) is 0.923. The minimum atomic E-state index is -2.77. The molecule has 1 saturated heterocycles. The number of amidine groups is 1. The monoisotopic (exact) mass is 304 g/mol. The lowest BCUT2D eigenvalue weighted by Gasteiger charge is -2.24. The van der Waals surface area contributed by atoms with E-state index in [1.165, 1.54) is 12.8 Å². The normalized spacial score (nSPS) is 27.5. The maximum absolute atomic E-state index is 11.4. The van der Waals surface area contributed by atoms with Gasteiger partial charge in [0, 0.05) is 11.3 Å². The van der Waals surface area contributed by atoms with E-state index >= 15 is 0 Å². The fourth-order valence-corrected chi connectivity index (χ4v) is 5.63. The highest BCUT2D eigenvalue weighted by atomic mass is 32.2. The maximum atomic E-state index is 11.4. The molecule has 0 amide bonds. The van der Waals surface area contributed by atoms with E-state index in [0.717, 1.165) is 30.5 Å². The van der Waals surface area contributed by atoms with Crippen LogP contribution in [0.3, 0.4) is 0 Å². The standard InChI is InChI=1S/C13H24N2O2S2/c1-3-10(4-2)12-9-14-13(18-12)15-11-5-7-19(16,17)8-6-11/h10-12H,3-9H2,1-2H3,(H,14,15). The fourth-order valence-electron chi connectivity index (χ4n) is 2.74. The average Bonchev–Trinajstić information content (AvgIpc) is 2.82. The molecule has 4 nitrogen and oxygen atoms in total. The van der Waals surface area contributed by atoms with Crippen LogP contribution in [-0.2, 0) is 9.84 Å². The van der Waals surface area contributed by atoms with Crippen LogP contribution in [0.15, 0.2) is 4.99 Å². The van der Waals surface area contributed by atoms with Crippen molar-refractivity contribution >= 4 is 26.8 Å². The van der Waals surface area contributed by atoms with Crippen molar-refractivity contribution in [1.82, 2.24) is 5.32 Å². The van der Waals surface area contributed by atoms with Crippen molar-refractivity contribution in [2.75, 3.05) is 18.1 Å². The van der Waals surface area contributed by atoms with Crippen LogP contribution in [0.4, 0.5) is 0 Å². The summed E-state index contributed by atoms with van der Waals surface area (Å²) in [5.41, 5.74) is 0. The van der Waals surface area contributed by atoms with Gasteiger partial charge in [-0.3, -0.25) is 4.99 Å². The van der Waals surface area contributed by atoms with Crippen molar-refractivity contribution in [2.45, 2.75) is 50.8 Å². The van der Waals surface area contributed by atoms with Crippen molar-refractivity contribution in [3.05, 3.63) is 0 Å². The summed E-state index contributed by atoms with van der Waals surface area (Å²) < 4.78 is 22.8. The summed E-state index contributed by atoms with van der Waals surface area (Å²) in [6.07, 6.45) is 3.85. The van der Waals surface area contributed by atoms with E-state index in [1.807, 2.05) is 11.8 Å². The highest BCUT2D eigenvalue weighted by Crippen LogP contribution is 2.30. The molecule has 0 aromatic rings. The molecule has 110 valence electrons. The molecule has 2 aliphatic heterocycles. The zero-order chi connectivity index (χ0) is 13.9. The van der Waals surface area contributed by atoms with E-state index in [-0.39, 0.29) is 6.04 Å². The molecule has 2 rings (SSSR count). The Kier molecular flexibility index (Phi) is 5.17. The van der Waals surface area contributed by atoms with Gasteiger partial charge in [0.15, 0.2) is 5.17 Å². The molecule has 0 saturated carbocycles. The lowest BCUT2D eigenvalue weighted by atomic mass is 9.99. The number of nitrogens with one attached hydrogen (secondary N) is 1. The summed E-state index contributed by atoms with van der Waals surface area (Å²) in [5.74, 6) is 1.37. The number of sulfone groups is 1. The van der Waals surface area contributed by atoms with Gasteiger partial charge >= 0.3 is 0 Å². The molecule has 1 unspecified atom stereocenters. The quantitative estimate of drug-likeness (QED) is 0.864. The van der Waals surface area contributed by atoms with Gasteiger partial charge in [0.25, 0.3) is 0 Å². The molecule has 1 atom stereocenters. The number of hydrogen-bond donors (Lipinski definition) is 1. The number of rotatable bonds is 4. The topological polar surface area (TPSA) is 58.5 Å². The largest absolute Gasteiger partial charge is 0.362 e. The molecule has 0 bridgehead atoms. The first-order chi connectivity index (χ1) is 9.04. The van der Waals surface area contributed by atoms with Gasteiger partial charge in [-0.25, -0.2) is 8.42 Å². The maximum Gasteiger partial charge on any atom is 0.157 e. The Morgan fingerprint density at radius 1 is 1.32 bits per heavy atom. The van der Waals surface area contributed by atoms with E-state index in [9.17, 15) is 8.42 Å². The van der Waals surface area contributed by atoms with Crippen LogP contribution >= 0.6 is 11.8 Å². The average molecular weight is 304 g/mol. The summed E-state index contributed by atoms with van der Waals surface area (Å²) in [5, 5.41) is 5.07. The minimum absolute atomic E-state index is 0.287. The second-order valence-electron chi connectivity index (χ2n) is 5.45. The molecule has 0 spiro atoms. The third-order valence-electron chi connectivity index (χ3n) is 4.13. The summed E-state index contributed by atoms with van der Waals surface area (Å²) in [7, 11) is -2.77. The van der Waals surface area contributed by atoms with E-state index in [0.29, 0.717) is 16.8 Å². The van der Waals surface area contributed by atoms with Gasteiger partial charge in [-0.15, -0.1) is 0 Å². The van der Waals surface area contributed by atoms with E-state index in [2.05, 4.69) is 24.2 Å². The number of nitrogens with zero attached hydrogens (tertiary/aromatic N) is 1. The van der Waals surface area contributed by atoms with Crippen molar-refractivity contribution in [1.29, 1.82) is 0 Å². The smallest absolute Gasteiger partial charge is 0.157 e. The van der Waals surface area contributed by atoms with Crippen LogP contribution < -0.4 is 5.32 Å². The molecule has 19 heavy (non-hydrogen) atoms. The van der Waals surface area contributed by atoms with E-state index < -0.39 is 9.84 Å². The van der Waals surface area contributed by atoms with Gasteiger partial charge in [-0.1, -0.05) is 38.5 Å². The van der Waals surface area contributed by atoms with Gasteiger partial charge in [-0.05, 0) is 18.8 Å². The molecule has 1 fully saturated rings. The Hall–Kier alpha value is -0.230. The van der Waals surface area contributed by atoms with Gasteiger partial charge in [0.1, 0.15) is 9.84 Å². The lowest BCUT2D eigenvalue weighted by Crippen LogP contribution is -2.39.